The summed E-state index contributed by atoms with van der Waals surface area (Å²) in [7, 11) is 0. The van der Waals surface area contributed by atoms with Gasteiger partial charge in [0.15, 0.2) is 0 Å². The lowest BCUT2D eigenvalue weighted by molar-refractivity contribution is -0.134. The molecule has 0 spiro atoms. The second kappa shape index (κ2) is 6.87. The lowest BCUT2D eigenvalue weighted by atomic mass is 9.84. The minimum absolute atomic E-state index is 0.152. The van der Waals surface area contributed by atoms with Gasteiger partial charge in [-0.15, -0.1) is 0 Å². The minimum Gasteiger partial charge on any atom is -0.298 e. The summed E-state index contributed by atoms with van der Waals surface area (Å²) < 4.78 is 14.7. The number of hydrogen-bond acceptors (Lipinski definition) is 3. The molecule has 0 saturated carbocycles. The van der Waals surface area contributed by atoms with E-state index in [2.05, 4.69) is 31.0 Å². The van der Waals surface area contributed by atoms with Crippen molar-refractivity contribution >= 4 is 11.8 Å². The molecule has 2 saturated heterocycles. The predicted octanol–water partition coefficient (Wildman–Crippen LogP) is 3.32. The van der Waals surface area contributed by atoms with Crippen molar-refractivity contribution in [3.05, 3.63) is 35.1 Å². The number of amides is 2. The standard InChI is InChI=1S/C20H27FN2O2/c1-20(2,3)23-10-8-13(9-11-23)15-5-4-14(12-17(15)21)16-6-7-18(24)22-19(16)25/h4-5,12-13,16H,6-11H2,1-3H3,(H,22,24,25). The average Bonchev–Trinajstić information content (AvgIpc) is 2.54. The van der Waals surface area contributed by atoms with Crippen molar-refractivity contribution in [1.82, 2.24) is 10.2 Å². The number of rotatable bonds is 2. The van der Waals surface area contributed by atoms with Crippen LogP contribution in [0.15, 0.2) is 18.2 Å². The summed E-state index contributed by atoms with van der Waals surface area (Å²) in [5, 5.41) is 2.34. The van der Waals surface area contributed by atoms with Crippen LogP contribution < -0.4 is 5.32 Å². The van der Waals surface area contributed by atoms with Gasteiger partial charge in [0.1, 0.15) is 5.82 Å². The number of likely N-dealkylation sites (tertiary alicyclic amines) is 1. The van der Waals surface area contributed by atoms with E-state index in [9.17, 15) is 14.0 Å². The SMILES string of the molecule is CC(C)(C)N1CCC(c2ccc(C3CCC(=O)NC3=O)cc2F)CC1. The third-order valence-corrected chi connectivity index (χ3v) is 5.55. The second-order valence-corrected chi connectivity index (χ2v) is 8.22. The molecular weight excluding hydrogens is 319 g/mol. The molecule has 136 valence electrons. The highest BCUT2D eigenvalue weighted by atomic mass is 19.1. The highest BCUT2D eigenvalue weighted by molar-refractivity contribution is 6.00. The molecule has 0 aliphatic carbocycles. The molecule has 1 unspecified atom stereocenters. The van der Waals surface area contributed by atoms with Crippen molar-refractivity contribution in [3.63, 3.8) is 0 Å². The molecule has 1 aromatic rings. The molecule has 25 heavy (non-hydrogen) atoms. The fourth-order valence-electron chi connectivity index (χ4n) is 3.96. The van der Waals surface area contributed by atoms with E-state index in [4.69, 9.17) is 0 Å². The molecule has 1 N–H and O–H groups in total. The maximum atomic E-state index is 14.7. The molecule has 0 radical (unpaired) electrons. The van der Waals surface area contributed by atoms with Crippen LogP contribution in [0.25, 0.3) is 0 Å². The van der Waals surface area contributed by atoms with E-state index >= 15 is 0 Å². The van der Waals surface area contributed by atoms with Crippen LogP contribution in [-0.2, 0) is 9.59 Å². The van der Waals surface area contributed by atoms with E-state index in [1.165, 1.54) is 6.07 Å². The van der Waals surface area contributed by atoms with Gasteiger partial charge in [0.2, 0.25) is 11.8 Å². The summed E-state index contributed by atoms with van der Waals surface area (Å²) in [5.74, 6) is -0.986. The van der Waals surface area contributed by atoms with Crippen LogP contribution in [-0.4, -0.2) is 35.3 Å². The number of piperidine rings is 2. The normalized spacial score (nSPS) is 23.6. The van der Waals surface area contributed by atoms with Crippen LogP contribution in [0.4, 0.5) is 4.39 Å². The van der Waals surface area contributed by atoms with Gasteiger partial charge < -0.3 is 0 Å². The third-order valence-electron chi connectivity index (χ3n) is 5.55. The van der Waals surface area contributed by atoms with Gasteiger partial charge in [0.25, 0.3) is 0 Å². The highest BCUT2D eigenvalue weighted by Crippen LogP contribution is 2.34. The Morgan fingerprint density at radius 1 is 1.12 bits per heavy atom. The van der Waals surface area contributed by atoms with Crippen molar-refractivity contribution in [2.24, 2.45) is 0 Å². The largest absolute Gasteiger partial charge is 0.298 e. The molecule has 4 nitrogen and oxygen atoms in total. The van der Waals surface area contributed by atoms with Gasteiger partial charge >= 0.3 is 0 Å². The van der Waals surface area contributed by atoms with E-state index in [1.807, 2.05) is 12.1 Å². The Morgan fingerprint density at radius 3 is 2.36 bits per heavy atom. The summed E-state index contributed by atoms with van der Waals surface area (Å²) in [6, 6.07) is 5.19. The minimum atomic E-state index is -0.427. The van der Waals surface area contributed by atoms with Gasteiger partial charge in [0.05, 0.1) is 5.92 Å². The molecule has 0 bridgehead atoms. The first-order valence-corrected chi connectivity index (χ1v) is 9.14. The fourth-order valence-corrected chi connectivity index (χ4v) is 3.96. The molecule has 2 aliphatic rings. The molecule has 2 heterocycles. The van der Waals surface area contributed by atoms with E-state index in [0.29, 0.717) is 18.4 Å². The molecule has 3 rings (SSSR count). The average molecular weight is 346 g/mol. The van der Waals surface area contributed by atoms with Gasteiger partial charge in [-0.25, -0.2) is 4.39 Å². The van der Waals surface area contributed by atoms with Crippen molar-refractivity contribution in [2.75, 3.05) is 13.1 Å². The molecule has 1 aromatic carbocycles. The first-order chi connectivity index (χ1) is 11.8. The fraction of sp³-hybridized carbons (Fsp3) is 0.600. The predicted molar refractivity (Wildman–Crippen MR) is 94.8 cm³/mol. The van der Waals surface area contributed by atoms with Gasteiger partial charge in [-0.2, -0.15) is 0 Å². The zero-order chi connectivity index (χ0) is 18.2. The Balaban J connectivity index is 1.71. The zero-order valence-corrected chi connectivity index (χ0v) is 15.3. The van der Waals surface area contributed by atoms with Gasteiger partial charge in [-0.3, -0.25) is 19.8 Å². The van der Waals surface area contributed by atoms with Gasteiger partial charge in [-0.05, 0) is 76.2 Å². The third kappa shape index (κ3) is 3.92. The molecule has 2 fully saturated rings. The van der Waals surface area contributed by atoms with Crippen molar-refractivity contribution in [3.8, 4) is 0 Å². The first-order valence-electron chi connectivity index (χ1n) is 9.14. The maximum absolute atomic E-state index is 14.7. The Morgan fingerprint density at radius 2 is 1.80 bits per heavy atom. The Kier molecular flexibility index (Phi) is 4.96. The zero-order valence-electron chi connectivity index (χ0n) is 15.3. The Bertz CT molecular complexity index is 673. The first kappa shape index (κ1) is 18.1. The smallest absolute Gasteiger partial charge is 0.234 e. The number of nitrogens with zero attached hydrogens (tertiary/aromatic N) is 1. The number of hydrogen-bond donors (Lipinski definition) is 1. The highest BCUT2D eigenvalue weighted by Gasteiger charge is 2.31. The number of nitrogens with one attached hydrogen (secondary N) is 1. The van der Waals surface area contributed by atoms with E-state index < -0.39 is 5.92 Å². The summed E-state index contributed by atoms with van der Waals surface area (Å²) in [6.45, 7) is 8.58. The maximum Gasteiger partial charge on any atom is 0.234 e. The lowest BCUT2D eigenvalue weighted by Gasteiger charge is -2.41. The van der Waals surface area contributed by atoms with Gasteiger partial charge in [0, 0.05) is 12.0 Å². The topological polar surface area (TPSA) is 49.4 Å². The van der Waals surface area contributed by atoms with E-state index in [1.54, 1.807) is 0 Å². The number of carbonyl (C=O) groups excluding carboxylic acids is 2. The molecule has 5 heteroatoms. The van der Waals surface area contributed by atoms with Crippen LogP contribution in [0.2, 0.25) is 0 Å². The summed E-state index contributed by atoms with van der Waals surface area (Å²) in [5.41, 5.74) is 1.57. The number of imide groups is 1. The van der Waals surface area contributed by atoms with Crippen LogP contribution in [0.3, 0.4) is 0 Å². The lowest BCUT2D eigenvalue weighted by Crippen LogP contribution is -2.45. The monoisotopic (exact) mass is 346 g/mol. The number of benzene rings is 1. The summed E-state index contributed by atoms with van der Waals surface area (Å²) in [6.07, 6.45) is 2.66. The van der Waals surface area contributed by atoms with Crippen LogP contribution in [0.1, 0.15) is 69.4 Å². The molecule has 2 aliphatic heterocycles. The Labute approximate surface area is 148 Å². The quantitative estimate of drug-likeness (QED) is 0.836. The molecular formula is C20H27FN2O2. The molecule has 2 amide bonds. The van der Waals surface area contributed by atoms with Gasteiger partial charge in [-0.1, -0.05) is 12.1 Å². The second-order valence-electron chi connectivity index (χ2n) is 8.22. The van der Waals surface area contributed by atoms with E-state index in [-0.39, 0.29) is 29.1 Å². The molecule has 1 atom stereocenters. The summed E-state index contributed by atoms with van der Waals surface area (Å²) in [4.78, 5) is 25.7. The van der Waals surface area contributed by atoms with Crippen molar-refractivity contribution in [2.45, 2.75) is 63.8 Å². The van der Waals surface area contributed by atoms with Crippen LogP contribution in [0.5, 0.6) is 0 Å². The molecule has 0 aromatic heterocycles. The van der Waals surface area contributed by atoms with Crippen molar-refractivity contribution in [1.29, 1.82) is 0 Å². The van der Waals surface area contributed by atoms with Crippen molar-refractivity contribution < 1.29 is 14.0 Å². The van der Waals surface area contributed by atoms with Crippen LogP contribution in [0, 0.1) is 5.82 Å². The number of halogens is 1. The Hall–Kier alpha value is -1.75. The number of carbonyl (C=O) groups is 2. The summed E-state index contributed by atoms with van der Waals surface area (Å²) >= 11 is 0. The van der Waals surface area contributed by atoms with Crippen LogP contribution >= 0.6 is 0 Å². The van der Waals surface area contributed by atoms with E-state index in [0.717, 1.165) is 31.5 Å².